The lowest BCUT2D eigenvalue weighted by atomic mass is 9.84. The van der Waals surface area contributed by atoms with Crippen LogP contribution in [0.15, 0.2) is 30.3 Å². The van der Waals surface area contributed by atoms with Gasteiger partial charge in [0.05, 0.1) is 0 Å². The van der Waals surface area contributed by atoms with Gasteiger partial charge in [-0.1, -0.05) is 37.6 Å². The van der Waals surface area contributed by atoms with Crippen molar-refractivity contribution in [3.63, 3.8) is 0 Å². The normalized spacial score (nSPS) is 28.2. The summed E-state index contributed by atoms with van der Waals surface area (Å²) in [6, 6.07) is 8.68. The average Bonchev–Trinajstić information content (AvgIpc) is 3.16. The molecule has 2 bridgehead atoms. The summed E-state index contributed by atoms with van der Waals surface area (Å²) in [7, 11) is 0. The molecule has 1 aromatic carbocycles. The summed E-state index contributed by atoms with van der Waals surface area (Å²) in [5, 5.41) is 3.17. The molecule has 2 saturated carbocycles. The minimum Gasteiger partial charge on any atom is -0.350 e. The van der Waals surface area contributed by atoms with Crippen molar-refractivity contribution in [3.05, 3.63) is 41.5 Å². The fourth-order valence-electron chi connectivity index (χ4n) is 4.32. The van der Waals surface area contributed by atoms with Gasteiger partial charge in [0.1, 0.15) is 0 Å². The summed E-state index contributed by atoms with van der Waals surface area (Å²) < 4.78 is 0. The van der Waals surface area contributed by atoms with Crippen LogP contribution in [0.4, 0.5) is 0 Å². The van der Waals surface area contributed by atoms with E-state index >= 15 is 0 Å². The third kappa shape index (κ3) is 3.43. The van der Waals surface area contributed by atoms with Crippen LogP contribution in [0.3, 0.4) is 0 Å². The third-order valence-corrected chi connectivity index (χ3v) is 5.62. The highest BCUT2D eigenvalue weighted by molar-refractivity contribution is 5.91. The van der Waals surface area contributed by atoms with E-state index in [4.69, 9.17) is 0 Å². The highest BCUT2D eigenvalue weighted by atomic mass is 16.1. The van der Waals surface area contributed by atoms with E-state index in [9.17, 15) is 4.79 Å². The molecule has 3 rings (SSSR count). The molecule has 0 spiro atoms. The maximum absolute atomic E-state index is 12.1. The van der Waals surface area contributed by atoms with Crippen molar-refractivity contribution < 1.29 is 4.79 Å². The highest BCUT2D eigenvalue weighted by Gasteiger charge is 2.41. The molecule has 1 N–H and O–H groups in total. The van der Waals surface area contributed by atoms with Crippen LogP contribution >= 0.6 is 0 Å². The number of nitrogens with one attached hydrogen (secondary N) is 1. The van der Waals surface area contributed by atoms with Crippen molar-refractivity contribution in [2.24, 2.45) is 17.8 Å². The number of rotatable bonds is 5. The number of benzene rings is 1. The van der Waals surface area contributed by atoms with Gasteiger partial charge in [0.2, 0.25) is 5.91 Å². The zero-order valence-electron chi connectivity index (χ0n) is 13.7. The van der Waals surface area contributed by atoms with Gasteiger partial charge in [-0.2, -0.15) is 0 Å². The predicted octanol–water partition coefficient (Wildman–Crippen LogP) is 4.20. The Labute approximate surface area is 134 Å². The molecule has 22 heavy (non-hydrogen) atoms. The molecular formula is C20H27NO. The Morgan fingerprint density at radius 2 is 2.05 bits per heavy atom. The van der Waals surface area contributed by atoms with E-state index in [1.165, 1.54) is 31.2 Å². The molecule has 0 heterocycles. The van der Waals surface area contributed by atoms with Gasteiger partial charge in [-0.15, -0.1) is 0 Å². The first-order valence-corrected chi connectivity index (χ1v) is 8.73. The summed E-state index contributed by atoms with van der Waals surface area (Å²) in [5.74, 6) is 2.52. The number of hydrogen-bond acceptors (Lipinski definition) is 1. The Morgan fingerprint density at radius 1 is 1.27 bits per heavy atom. The van der Waals surface area contributed by atoms with Gasteiger partial charge in [-0.05, 0) is 67.6 Å². The van der Waals surface area contributed by atoms with Gasteiger partial charge in [0, 0.05) is 12.1 Å². The van der Waals surface area contributed by atoms with Crippen LogP contribution in [0.25, 0.3) is 6.08 Å². The summed E-state index contributed by atoms with van der Waals surface area (Å²) in [5.41, 5.74) is 2.41. The van der Waals surface area contributed by atoms with E-state index in [0.29, 0.717) is 12.0 Å². The van der Waals surface area contributed by atoms with Crippen molar-refractivity contribution in [1.82, 2.24) is 5.32 Å². The maximum Gasteiger partial charge on any atom is 0.244 e. The Kier molecular flexibility index (Phi) is 4.66. The molecule has 0 saturated heterocycles. The van der Waals surface area contributed by atoms with E-state index in [0.717, 1.165) is 23.8 Å². The molecule has 2 aliphatic rings. The summed E-state index contributed by atoms with van der Waals surface area (Å²) in [4.78, 5) is 12.1. The van der Waals surface area contributed by atoms with Crippen molar-refractivity contribution in [2.45, 2.75) is 52.0 Å². The number of aryl methyl sites for hydroxylation is 1. The van der Waals surface area contributed by atoms with Crippen LogP contribution in [0, 0.1) is 17.8 Å². The molecule has 1 aromatic rings. The molecule has 2 heteroatoms. The first kappa shape index (κ1) is 15.3. The van der Waals surface area contributed by atoms with E-state index in [1.807, 2.05) is 6.08 Å². The monoisotopic (exact) mass is 297 g/mol. The van der Waals surface area contributed by atoms with Gasteiger partial charge >= 0.3 is 0 Å². The third-order valence-electron chi connectivity index (χ3n) is 5.62. The lowest BCUT2D eigenvalue weighted by Crippen LogP contribution is -2.39. The molecule has 1 amide bonds. The molecule has 2 fully saturated rings. The van der Waals surface area contributed by atoms with Crippen LogP contribution in [0.5, 0.6) is 0 Å². The largest absolute Gasteiger partial charge is 0.350 e. The summed E-state index contributed by atoms with van der Waals surface area (Å²) in [6.45, 7) is 4.32. The number of fused-ring (bicyclic) bond motifs is 2. The van der Waals surface area contributed by atoms with Gasteiger partial charge in [-0.25, -0.2) is 0 Å². The Morgan fingerprint density at radius 3 is 2.64 bits per heavy atom. The Balaban J connectivity index is 1.52. The van der Waals surface area contributed by atoms with Crippen molar-refractivity contribution in [2.75, 3.05) is 0 Å². The average molecular weight is 297 g/mol. The van der Waals surface area contributed by atoms with E-state index in [1.54, 1.807) is 6.08 Å². The van der Waals surface area contributed by atoms with E-state index in [2.05, 4.69) is 43.4 Å². The van der Waals surface area contributed by atoms with Gasteiger partial charge < -0.3 is 5.32 Å². The Hall–Kier alpha value is -1.57. The molecular weight excluding hydrogens is 270 g/mol. The lowest BCUT2D eigenvalue weighted by molar-refractivity contribution is -0.117. The van der Waals surface area contributed by atoms with Crippen molar-refractivity contribution in [3.8, 4) is 0 Å². The molecule has 0 unspecified atom stereocenters. The first-order valence-electron chi connectivity index (χ1n) is 8.73. The van der Waals surface area contributed by atoms with Crippen molar-refractivity contribution >= 4 is 12.0 Å². The second kappa shape index (κ2) is 6.68. The van der Waals surface area contributed by atoms with Gasteiger partial charge in [0.15, 0.2) is 0 Å². The minimum atomic E-state index is 0.0369. The zero-order valence-corrected chi connectivity index (χ0v) is 13.7. The standard InChI is InChI=1S/C20H27NO/c1-3-15-4-6-16(7-5-15)9-11-20(22)21-14(2)19-13-17-8-10-18(19)12-17/h4-7,9,11,14,17-19H,3,8,10,12-13H2,1-2H3,(H,21,22)/b11-9+/t14-,17+,18+,19-/m0/s1. The van der Waals surface area contributed by atoms with Crippen LogP contribution in [0.2, 0.25) is 0 Å². The molecule has 2 aliphatic carbocycles. The number of carbonyl (C=O) groups excluding carboxylic acids is 1. The summed E-state index contributed by atoms with van der Waals surface area (Å²) >= 11 is 0. The SMILES string of the molecule is CCc1ccc(/C=C/C(=O)N[C@@H](C)[C@@H]2C[C@@H]3CC[C@@H]2C3)cc1. The molecule has 0 aliphatic heterocycles. The van der Waals surface area contributed by atoms with Crippen molar-refractivity contribution in [1.29, 1.82) is 0 Å². The lowest BCUT2D eigenvalue weighted by Gasteiger charge is -2.28. The second-order valence-corrected chi connectivity index (χ2v) is 7.06. The molecule has 118 valence electrons. The number of hydrogen-bond donors (Lipinski definition) is 1. The van der Waals surface area contributed by atoms with Crippen LogP contribution in [-0.2, 0) is 11.2 Å². The van der Waals surface area contributed by atoms with Crippen LogP contribution < -0.4 is 5.32 Å². The number of carbonyl (C=O) groups is 1. The van der Waals surface area contributed by atoms with E-state index < -0.39 is 0 Å². The maximum atomic E-state index is 12.1. The minimum absolute atomic E-state index is 0.0369. The van der Waals surface area contributed by atoms with Crippen LogP contribution in [-0.4, -0.2) is 11.9 Å². The zero-order chi connectivity index (χ0) is 15.5. The molecule has 0 aromatic heterocycles. The Bertz CT molecular complexity index is 545. The quantitative estimate of drug-likeness (QED) is 0.811. The van der Waals surface area contributed by atoms with Crippen LogP contribution in [0.1, 0.15) is 50.7 Å². The molecule has 4 atom stereocenters. The summed E-state index contributed by atoms with van der Waals surface area (Å²) in [6.07, 6.45) is 10.1. The number of amides is 1. The highest BCUT2D eigenvalue weighted by Crippen LogP contribution is 2.49. The molecule has 0 radical (unpaired) electrons. The first-order chi connectivity index (χ1) is 10.7. The van der Waals surface area contributed by atoms with E-state index in [-0.39, 0.29) is 5.91 Å². The second-order valence-electron chi connectivity index (χ2n) is 7.06. The fourth-order valence-corrected chi connectivity index (χ4v) is 4.32. The smallest absolute Gasteiger partial charge is 0.244 e. The topological polar surface area (TPSA) is 29.1 Å². The van der Waals surface area contributed by atoms with Gasteiger partial charge in [0.25, 0.3) is 0 Å². The fraction of sp³-hybridized carbons (Fsp3) is 0.550. The predicted molar refractivity (Wildman–Crippen MR) is 91.4 cm³/mol. The molecule has 2 nitrogen and oxygen atoms in total. The van der Waals surface area contributed by atoms with Gasteiger partial charge in [-0.3, -0.25) is 4.79 Å².